The molecule has 4 nitrogen and oxygen atoms in total. The summed E-state index contributed by atoms with van der Waals surface area (Å²) in [5, 5.41) is 8.95. The van der Waals surface area contributed by atoms with Crippen LogP contribution in [0.2, 0.25) is 0 Å². The number of nitrogens with zero attached hydrogens (tertiary/aromatic N) is 1. The molecule has 0 unspecified atom stereocenters. The highest BCUT2D eigenvalue weighted by atomic mass is 32.2. The summed E-state index contributed by atoms with van der Waals surface area (Å²) in [5.74, 6) is -1.40. The zero-order chi connectivity index (χ0) is 15.5. The molecule has 0 saturated heterocycles. The lowest BCUT2D eigenvalue weighted by atomic mass is 10.2. The molecule has 0 bridgehead atoms. The number of carboxylic acid groups (broad SMARTS) is 1. The number of anilines is 1. The summed E-state index contributed by atoms with van der Waals surface area (Å²) in [6.45, 7) is 0.411. The van der Waals surface area contributed by atoms with E-state index < -0.39 is 5.97 Å². The Bertz CT molecular complexity index is 756. The second-order valence-electron chi connectivity index (χ2n) is 4.79. The van der Waals surface area contributed by atoms with E-state index in [0.29, 0.717) is 6.54 Å². The number of carbonyl (C=O) groups excluding carboxylic acids is 1. The number of carbonyl (C=O) groups is 2. The number of rotatable bonds is 3. The molecule has 2 aromatic rings. The highest BCUT2D eigenvalue weighted by molar-refractivity contribution is 8.04. The lowest BCUT2D eigenvalue weighted by Gasteiger charge is -2.30. The predicted molar refractivity (Wildman–Crippen MR) is 85.6 cm³/mol. The molecule has 1 aliphatic rings. The van der Waals surface area contributed by atoms with Gasteiger partial charge in [0.25, 0.3) is 5.91 Å². The Labute approximate surface area is 132 Å². The van der Waals surface area contributed by atoms with Crippen molar-refractivity contribution in [1.82, 2.24) is 0 Å². The third-order valence-electron chi connectivity index (χ3n) is 3.27. The van der Waals surface area contributed by atoms with Crippen LogP contribution in [0, 0.1) is 0 Å². The lowest BCUT2D eigenvalue weighted by molar-refractivity contribution is -0.131. The maximum Gasteiger partial charge on any atom is 0.329 e. The molecule has 1 heterocycles. The van der Waals surface area contributed by atoms with E-state index >= 15 is 0 Å². The van der Waals surface area contributed by atoms with E-state index in [2.05, 4.69) is 0 Å². The molecule has 5 heteroatoms. The average Bonchev–Trinajstić information content (AvgIpc) is 2.52. The number of hydrogen-bond acceptors (Lipinski definition) is 3. The van der Waals surface area contributed by atoms with E-state index in [-0.39, 0.29) is 10.8 Å². The Morgan fingerprint density at radius 1 is 1.09 bits per heavy atom. The number of carboxylic acids is 1. The maximum atomic E-state index is 12.6. The molecule has 0 saturated carbocycles. The van der Waals surface area contributed by atoms with Gasteiger partial charge in [0.05, 0.1) is 17.1 Å². The number of benzene rings is 2. The van der Waals surface area contributed by atoms with Gasteiger partial charge in [0.2, 0.25) is 0 Å². The van der Waals surface area contributed by atoms with Crippen molar-refractivity contribution in [2.24, 2.45) is 0 Å². The number of amides is 1. The molecule has 22 heavy (non-hydrogen) atoms. The van der Waals surface area contributed by atoms with Gasteiger partial charge in [-0.15, -0.1) is 0 Å². The molecule has 2 aromatic carbocycles. The summed E-state index contributed by atoms with van der Waals surface area (Å²) in [7, 11) is 0. The summed E-state index contributed by atoms with van der Waals surface area (Å²) in [6.07, 6.45) is 0.973. The van der Waals surface area contributed by atoms with E-state index in [1.807, 2.05) is 54.6 Å². The fraction of sp³-hybridized carbons (Fsp3) is 0.0588. The predicted octanol–water partition coefficient (Wildman–Crippen LogP) is 3.29. The number of hydrogen-bond donors (Lipinski definition) is 1. The number of para-hydroxylation sites is 1. The van der Waals surface area contributed by atoms with E-state index in [1.165, 1.54) is 11.8 Å². The largest absolute Gasteiger partial charge is 0.478 e. The van der Waals surface area contributed by atoms with Crippen LogP contribution in [-0.2, 0) is 16.1 Å². The first-order chi connectivity index (χ1) is 10.6. The van der Waals surface area contributed by atoms with Gasteiger partial charge >= 0.3 is 5.97 Å². The lowest BCUT2D eigenvalue weighted by Crippen LogP contribution is -2.34. The SMILES string of the molecule is O=C(O)C=C1Sc2ccccc2N(Cc2ccccc2)C1=O. The topological polar surface area (TPSA) is 57.6 Å². The molecule has 1 aliphatic heterocycles. The van der Waals surface area contributed by atoms with Crippen molar-refractivity contribution in [2.75, 3.05) is 4.90 Å². The molecule has 0 spiro atoms. The van der Waals surface area contributed by atoms with Gasteiger partial charge in [-0.25, -0.2) is 4.79 Å². The fourth-order valence-corrected chi connectivity index (χ4v) is 3.32. The van der Waals surface area contributed by atoms with E-state index in [0.717, 1.165) is 22.2 Å². The minimum atomic E-state index is -1.12. The fourth-order valence-electron chi connectivity index (χ4n) is 2.30. The van der Waals surface area contributed by atoms with Crippen molar-refractivity contribution in [1.29, 1.82) is 0 Å². The van der Waals surface area contributed by atoms with E-state index in [9.17, 15) is 9.59 Å². The first-order valence-corrected chi connectivity index (χ1v) is 7.54. The molecule has 0 atom stereocenters. The molecule has 1 N–H and O–H groups in total. The van der Waals surface area contributed by atoms with Gasteiger partial charge in [-0.2, -0.15) is 0 Å². The van der Waals surface area contributed by atoms with Crippen LogP contribution in [0.25, 0.3) is 0 Å². The third-order valence-corrected chi connectivity index (χ3v) is 4.35. The Hall–Kier alpha value is -2.53. The van der Waals surface area contributed by atoms with Crippen molar-refractivity contribution < 1.29 is 14.7 Å². The van der Waals surface area contributed by atoms with Gasteiger partial charge in [-0.05, 0) is 17.7 Å². The second kappa shape index (κ2) is 6.07. The number of thioether (sulfide) groups is 1. The van der Waals surface area contributed by atoms with Gasteiger partial charge in [-0.1, -0.05) is 54.2 Å². The number of fused-ring (bicyclic) bond motifs is 1. The van der Waals surface area contributed by atoms with E-state index in [4.69, 9.17) is 5.11 Å². The molecule has 0 aromatic heterocycles. The monoisotopic (exact) mass is 311 g/mol. The van der Waals surface area contributed by atoms with Crippen LogP contribution < -0.4 is 4.90 Å². The van der Waals surface area contributed by atoms with Crippen molar-refractivity contribution in [2.45, 2.75) is 11.4 Å². The van der Waals surface area contributed by atoms with Crippen LogP contribution in [0.4, 0.5) is 5.69 Å². The molecule has 0 fully saturated rings. The Morgan fingerprint density at radius 3 is 2.50 bits per heavy atom. The molecule has 0 aliphatic carbocycles. The van der Waals surface area contributed by atoms with Crippen LogP contribution in [0.15, 0.2) is 70.5 Å². The Balaban J connectivity index is 2.02. The zero-order valence-electron chi connectivity index (χ0n) is 11.6. The normalized spacial score (nSPS) is 15.7. The summed E-state index contributed by atoms with van der Waals surface area (Å²) >= 11 is 1.20. The summed E-state index contributed by atoms with van der Waals surface area (Å²) in [5.41, 5.74) is 1.80. The third kappa shape index (κ3) is 2.89. The molecular formula is C17H13NO3S. The van der Waals surface area contributed by atoms with Crippen LogP contribution in [0.5, 0.6) is 0 Å². The second-order valence-corrected chi connectivity index (χ2v) is 5.88. The standard InChI is InChI=1S/C17H13NO3S/c19-16(20)10-15-17(21)18(11-12-6-2-1-3-7-12)13-8-4-5-9-14(13)22-15/h1-10H,11H2,(H,19,20). The van der Waals surface area contributed by atoms with Crippen LogP contribution in [0.1, 0.15) is 5.56 Å². The van der Waals surface area contributed by atoms with Crippen LogP contribution in [-0.4, -0.2) is 17.0 Å². The first-order valence-electron chi connectivity index (χ1n) is 6.72. The van der Waals surface area contributed by atoms with E-state index in [1.54, 1.807) is 4.90 Å². The van der Waals surface area contributed by atoms with Crippen molar-refractivity contribution in [3.8, 4) is 0 Å². The molecule has 3 rings (SSSR count). The number of aliphatic carboxylic acids is 1. The van der Waals surface area contributed by atoms with Gasteiger partial charge in [0.1, 0.15) is 0 Å². The van der Waals surface area contributed by atoms with Gasteiger partial charge in [0.15, 0.2) is 0 Å². The molecule has 1 amide bonds. The minimum absolute atomic E-state index is 0.224. The van der Waals surface area contributed by atoms with Crippen molar-refractivity contribution in [3.63, 3.8) is 0 Å². The molecular weight excluding hydrogens is 298 g/mol. The zero-order valence-corrected chi connectivity index (χ0v) is 12.4. The first kappa shape index (κ1) is 14.4. The van der Waals surface area contributed by atoms with Gasteiger partial charge in [-0.3, -0.25) is 4.79 Å². The quantitative estimate of drug-likeness (QED) is 0.884. The van der Waals surface area contributed by atoms with Gasteiger partial charge < -0.3 is 10.0 Å². The van der Waals surface area contributed by atoms with Crippen LogP contribution in [0.3, 0.4) is 0 Å². The Kier molecular flexibility index (Phi) is 3.98. The highest BCUT2D eigenvalue weighted by Crippen LogP contribution is 2.41. The molecule has 0 radical (unpaired) electrons. The summed E-state index contributed by atoms with van der Waals surface area (Å²) in [4.78, 5) is 26.3. The summed E-state index contributed by atoms with van der Waals surface area (Å²) in [6, 6.07) is 17.1. The Morgan fingerprint density at radius 2 is 1.77 bits per heavy atom. The summed E-state index contributed by atoms with van der Waals surface area (Å²) < 4.78 is 0. The average molecular weight is 311 g/mol. The molecule has 110 valence electrons. The minimum Gasteiger partial charge on any atom is -0.478 e. The smallest absolute Gasteiger partial charge is 0.329 e. The van der Waals surface area contributed by atoms with Crippen molar-refractivity contribution >= 4 is 29.3 Å². The highest BCUT2D eigenvalue weighted by Gasteiger charge is 2.29. The van der Waals surface area contributed by atoms with Crippen LogP contribution >= 0.6 is 11.8 Å². The maximum absolute atomic E-state index is 12.6. The van der Waals surface area contributed by atoms with Crippen molar-refractivity contribution in [3.05, 3.63) is 71.1 Å². The van der Waals surface area contributed by atoms with Gasteiger partial charge in [0, 0.05) is 11.0 Å².